The molecular formula is C9H20N2O3S. The van der Waals surface area contributed by atoms with Gasteiger partial charge < -0.3 is 10.1 Å². The molecule has 0 amide bonds. The van der Waals surface area contributed by atoms with E-state index in [9.17, 15) is 8.42 Å². The predicted octanol–water partition coefficient (Wildman–Crippen LogP) is -0.307. The largest absolute Gasteiger partial charge is 0.381 e. The summed E-state index contributed by atoms with van der Waals surface area (Å²) in [7, 11) is -1.35. The second kappa shape index (κ2) is 5.79. The molecule has 0 aromatic heterocycles. The second-order valence-electron chi connectivity index (χ2n) is 3.89. The van der Waals surface area contributed by atoms with E-state index >= 15 is 0 Å². The zero-order valence-corrected chi connectivity index (χ0v) is 10.1. The smallest absolute Gasteiger partial charge is 0.214 e. The van der Waals surface area contributed by atoms with Crippen LogP contribution in [-0.4, -0.2) is 46.5 Å². The van der Waals surface area contributed by atoms with Gasteiger partial charge in [0.05, 0.1) is 5.25 Å². The van der Waals surface area contributed by atoms with Crippen LogP contribution in [0.3, 0.4) is 0 Å². The van der Waals surface area contributed by atoms with Crippen molar-refractivity contribution >= 4 is 10.0 Å². The lowest BCUT2D eigenvalue weighted by Crippen LogP contribution is -2.43. The highest BCUT2D eigenvalue weighted by Crippen LogP contribution is 2.14. The standard InChI is InChI=1S/C9H20N2O3S/c1-8(10-2)7-11-15(12,13)9-3-5-14-6-4-9/h8-11H,3-7H2,1-2H3. The number of rotatable bonds is 5. The molecule has 2 N–H and O–H groups in total. The third kappa shape index (κ3) is 4.06. The summed E-state index contributed by atoms with van der Waals surface area (Å²) >= 11 is 0. The average molecular weight is 236 g/mol. The maximum absolute atomic E-state index is 11.8. The first-order chi connectivity index (χ1) is 7.06. The van der Waals surface area contributed by atoms with Crippen LogP contribution in [-0.2, 0) is 14.8 Å². The Morgan fingerprint density at radius 1 is 1.40 bits per heavy atom. The van der Waals surface area contributed by atoms with Crippen LogP contribution in [0.1, 0.15) is 19.8 Å². The molecule has 0 radical (unpaired) electrons. The number of ether oxygens (including phenoxy) is 1. The summed E-state index contributed by atoms with van der Waals surface area (Å²) in [5.41, 5.74) is 0. The Kier molecular flexibility index (Phi) is 4.98. The first kappa shape index (κ1) is 12.9. The van der Waals surface area contributed by atoms with Gasteiger partial charge in [-0.2, -0.15) is 0 Å². The Morgan fingerprint density at radius 3 is 2.53 bits per heavy atom. The highest BCUT2D eigenvalue weighted by molar-refractivity contribution is 7.90. The van der Waals surface area contributed by atoms with Gasteiger partial charge in [-0.25, -0.2) is 13.1 Å². The fourth-order valence-corrected chi connectivity index (χ4v) is 2.98. The molecule has 15 heavy (non-hydrogen) atoms. The van der Waals surface area contributed by atoms with Crippen molar-refractivity contribution < 1.29 is 13.2 Å². The Hall–Kier alpha value is -0.170. The van der Waals surface area contributed by atoms with Crippen LogP contribution in [0.5, 0.6) is 0 Å². The highest BCUT2D eigenvalue weighted by Gasteiger charge is 2.27. The van der Waals surface area contributed by atoms with E-state index in [1.54, 1.807) is 0 Å². The van der Waals surface area contributed by atoms with E-state index in [0.717, 1.165) is 0 Å². The lowest BCUT2D eigenvalue weighted by molar-refractivity contribution is 0.0981. The van der Waals surface area contributed by atoms with Gasteiger partial charge in [0.15, 0.2) is 0 Å². The molecule has 1 aliphatic rings. The minimum atomic E-state index is -3.16. The molecule has 1 unspecified atom stereocenters. The van der Waals surface area contributed by atoms with E-state index in [1.807, 2.05) is 14.0 Å². The summed E-state index contributed by atoms with van der Waals surface area (Å²) in [6, 6.07) is 0.152. The number of hydrogen-bond donors (Lipinski definition) is 2. The summed E-state index contributed by atoms with van der Waals surface area (Å²) in [4.78, 5) is 0. The molecule has 1 saturated heterocycles. The molecule has 0 saturated carbocycles. The number of nitrogens with one attached hydrogen (secondary N) is 2. The van der Waals surface area contributed by atoms with E-state index in [-0.39, 0.29) is 11.3 Å². The molecule has 1 aliphatic heterocycles. The van der Waals surface area contributed by atoms with E-state index < -0.39 is 10.0 Å². The summed E-state index contributed by atoms with van der Waals surface area (Å²) < 4.78 is 31.4. The summed E-state index contributed by atoms with van der Waals surface area (Å²) in [5.74, 6) is 0. The maximum atomic E-state index is 11.8. The summed E-state index contributed by atoms with van der Waals surface area (Å²) in [6.45, 7) is 3.48. The fraction of sp³-hybridized carbons (Fsp3) is 1.00. The molecule has 0 aromatic carbocycles. The number of hydrogen-bond acceptors (Lipinski definition) is 4. The van der Waals surface area contributed by atoms with Crippen molar-refractivity contribution in [1.29, 1.82) is 0 Å². The molecule has 0 bridgehead atoms. The lowest BCUT2D eigenvalue weighted by atomic mass is 10.2. The first-order valence-corrected chi connectivity index (χ1v) is 6.84. The van der Waals surface area contributed by atoms with Crippen LogP contribution in [0.4, 0.5) is 0 Å². The van der Waals surface area contributed by atoms with Gasteiger partial charge in [0.25, 0.3) is 0 Å². The molecule has 1 rings (SSSR count). The van der Waals surface area contributed by atoms with Gasteiger partial charge in [0.2, 0.25) is 10.0 Å². The first-order valence-electron chi connectivity index (χ1n) is 5.29. The normalized spacial score (nSPS) is 21.5. The molecule has 5 nitrogen and oxygen atoms in total. The molecular weight excluding hydrogens is 216 g/mol. The van der Waals surface area contributed by atoms with Crippen molar-refractivity contribution in [2.24, 2.45) is 0 Å². The maximum Gasteiger partial charge on any atom is 0.214 e. The number of sulfonamides is 1. The van der Waals surface area contributed by atoms with Gasteiger partial charge in [-0.15, -0.1) is 0 Å². The van der Waals surface area contributed by atoms with Crippen molar-refractivity contribution in [3.8, 4) is 0 Å². The summed E-state index contributed by atoms with van der Waals surface area (Å²) in [5, 5.41) is 2.71. The van der Waals surface area contributed by atoms with E-state index in [2.05, 4.69) is 10.0 Å². The van der Waals surface area contributed by atoms with E-state index in [0.29, 0.717) is 32.6 Å². The molecule has 6 heteroatoms. The Labute approximate surface area is 91.6 Å². The van der Waals surface area contributed by atoms with Crippen molar-refractivity contribution in [2.75, 3.05) is 26.8 Å². The van der Waals surface area contributed by atoms with Crippen molar-refractivity contribution in [3.63, 3.8) is 0 Å². The van der Waals surface area contributed by atoms with Crippen LogP contribution in [0.25, 0.3) is 0 Å². The van der Waals surface area contributed by atoms with Gasteiger partial charge in [-0.3, -0.25) is 0 Å². The highest BCUT2D eigenvalue weighted by atomic mass is 32.2. The average Bonchev–Trinajstić information content (AvgIpc) is 2.27. The van der Waals surface area contributed by atoms with Gasteiger partial charge in [0.1, 0.15) is 0 Å². The molecule has 1 fully saturated rings. The topological polar surface area (TPSA) is 67.4 Å². The van der Waals surface area contributed by atoms with Gasteiger partial charge in [-0.05, 0) is 26.8 Å². The van der Waals surface area contributed by atoms with Gasteiger partial charge in [0, 0.05) is 25.8 Å². The van der Waals surface area contributed by atoms with Crippen molar-refractivity contribution in [1.82, 2.24) is 10.0 Å². The van der Waals surface area contributed by atoms with Gasteiger partial charge >= 0.3 is 0 Å². The molecule has 1 atom stereocenters. The van der Waals surface area contributed by atoms with Crippen LogP contribution in [0.15, 0.2) is 0 Å². The lowest BCUT2D eigenvalue weighted by Gasteiger charge is -2.23. The summed E-state index contributed by atoms with van der Waals surface area (Å²) in [6.07, 6.45) is 1.20. The molecule has 0 aromatic rings. The quantitative estimate of drug-likeness (QED) is 0.687. The predicted molar refractivity (Wildman–Crippen MR) is 59.3 cm³/mol. The Balaban J connectivity index is 2.43. The van der Waals surface area contributed by atoms with Crippen LogP contribution in [0.2, 0.25) is 0 Å². The minimum absolute atomic E-state index is 0.152. The van der Waals surface area contributed by atoms with E-state index in [4.69, 9.17) is 4.74 Å². The second-order valence-corrected chi connectivity index (χ2v) is 5.94. The minimum Gasteiger partial charge on any atom is -0.381 e. The molecule has 0 aliphatic carbocycles. The Bertz CT molecular complexity index is 273. The fourth-order valence-electron chi connectivity index (χ4n) is 1.45. The van der Waals surface area contributed by atoms with Crippen molar-refractivity contribution in [3.05, 3.63) is 0 Å². The molecule has 0 spiro atoms. The monoisotopic (exact) mass is 236 g/mol. The third-order valence-electron chi connectivity index (χ3n) is 2.69. The van der Waals surface area contributed by atoms with Crippen LogP contribution >= 0.6 is 0 Å². The molecule has 1 heterocycles. The van der Waals surface area contributed by atoms with E-state index in [1.165, 1.54) is 0 Å². The van der Waals surface area contributed by atoms with Crippen molar-refractivity contribution in [2.45, 2.75) is 31.1 Å². The van der Waals surface area contributed by atoms with Crippen LogP contribution in [0, 0.1) is 0 Å². The SMILES string of the molecule is CNC(C)CNS(=O)(=O)C1CCOCC1. The zero-order chi connectivity index (χ0) is 11.3. The Morgan fingerprint density at radius 2 is 2.00 bits per heavy atom. The third-order valence-corrected chi connectivity index (χ3v) is 4.61. The molecule has 90 valence electrons. The van der Waals surface area contributed by atoms with Gasteiger partial charge in [-0.1, -0.05) is 0 Å². The zero-order valence-electron chi connectivity index (χ0n) is 9.32. The van der Waals surface area contributed by atoms with Crippen LogP contribution < -0.4 is 10.0 Å². The number of likely N-dealkylation sites (N-methyl/N-ethyl adjacent to an activating group) is 1.